The quantitative estimate of drug-likeness (QED) is 0.662. The highest BCUT2D eigenvalue weighted by atomic mass is 19.1. The molecule has 0 radical (unpaired) electrons. The Morgan fingerprint density at radius 1 is 1.26 bits per heavy atom. The molecule has 1 N–H and O–H groups in total. The van der Waals surface area contributed by atoms with Crippen molar-refractivity contribution >= 4 is 0 Å². The summed E-state index contributed by atoms with van der Waals surface area (Å²) < 4.78 is 23.5. The highest BCUT2D eigenvalue weighted by molar-refractivity contribution is 5.19. The van der Waals surface area contributed by atoms with E-state index in [1.807, 2.05) is 6.07 Å². The molecular formula is C15H24FNO2. The zero-order valence-corrected chi connectivity index (χ0v) is 11.8. The Labute approximate surface area is 115 Å². The number of hydrogen-bond donors (Lipinski definition) is 1. The molecule has 1 rings (SSSR count). The Hall–Kier alpha value is -0.970. The molecule has 1 atom stereocenters. The molecule has 0 aliphatic carbocycles. The van der Waals surface area contributed by atoms with E-state index < -0.39 is 0 Å². The SMILES string of the molecule is CCC(NCCCOCCOC)c1cccc(F)c1. The number of nitrogens with one attached hydrogen (secondary N) is 1. The van der Waals surface area contributed by atoms with E-state index in [2.05, 4.69) is 12.2 Å². The smallest absolute Gasteiger partial charge is 0.123 e. The highest BCUT2D eigenvalue weighted by Crippen LogP contribution is 2.17. The predicted octanol–water partition coefficient (Wildman–Crippen LogP) is 2.92. The minimum absolute atomic E-state index is 0.180. The van der Waals surface area contributed by atoms with Crippen LogP contribution in [0.5, 0.6) is 0 Å². The summed E-state index contributed by atoms with van der Waals surface area (Å²) in [5.41, 5.74) is 1.00. The number of ether oxygens (including phenoxy) is 2. The van der Waals surface area contributed by atoms with Gasteiger partial charge >= 0.3 is 0 Å². The number of benzene rings is 1. The first-order valence-corrected chi connectivity index (χ1v) is 6.83. The molecule has 1 unspecified atom stereocenters. The molecule has 0 bridgehead atoms. The number of halogens is 1. The van der Waals surface area contributed by atoms with Gasteiger partial charge in [0.15, 0.2) is 0 Å². The van der Waals surface area contributed by atoms with E-state index in [1.165, 1.54) is 6.07 Å². The molecular weight excluding hydrogens is 245 g/mol. The molecule has 0 spiro atoms. The topological polar surface area (TPSA) is 30.5 Å². The third-order valence-corrected chi connectivity index (χ3v) is 2.95. The van der Waals surface area contributed by atoms with Crippen LogP contribution in [0, 0.1) is 5.82 Å². The molecule has 1 aromatic rings. The summed E-state index contributed by atoms with van der Waals surface area (Å²) in [5.74, 6) is -0.180. The molecule has 108 valence electrons. The summed E-state index contributed by atoms with van der Waals surface area (Å²) in [5, 5.41) is 3.43. The molecule has 0 fully saturated rings. The third kappa shape index (κ3) is 6.66. The molecule has 0 amide bonds. The molecule has 1 aromatic carbocycles. The van der Waals surface area contributed by atoms with Gasteiger partial charge in [-0.2, -0.15) is 0 Å². The summed E-state index contributed by atoms with van der Waals surface area (Å²) >= 11 is 0. The first-order valence-electron chi connectivity index (χ1n) is 6.83. The van der Waals surface area contributed by atoms with E-state index in [-0.39, 0.29) is 11.9 Å². The summed E-state index contributed by atoms with van der Waals surface area (Å²) in [7, 11) is 1.66. The zero-order chi connectivity index (χ0) is 13.9. The van der Waals surface area contributed by atoms with Crippen LogP contribution in [0.25, 0.3) is 0 Å². The van der Waals surface area contributed by atoms with Crippen molar-refractivity contribution in [2.24, 2.45) is 0 Å². The van der Waals surface area contributed by atoms with Gasteiger partial charge in [0.1, 0.15) is 5.82 Å². The van der Waals surface area contributed by atoms with E-state index in [4.69, 9.17) is 9.47 Å². The fourth-order valence-electron chi connectivity index (χ4n) is 1.92. The number of rotatable bonds is 10. The molecule has 0 saturated heterocycles. The Kier molecular flexibility index (Phi) is 8.38. The van der Waals surface area contributed by atoms with E-state index >= 15 is 0 Å². The lowest BCUT2D eigenvalue weighted by Gasteiger charge is -2.17. The van der Waals surface area contributed by atoms with Crippen LogP contribution < -0.4 is 5.32 Å². The van der Waals surface area contributed by atoms with E-state index in [1.54, 1.807) is 19.2 Å². The first kappa shape index (κ1) is 16.1. The second kappa shape index (κ2) is 9.89. The summed E-state index contributed by atoms with van der Waals surface area (Å²) in [6.07, 6.45) is 1.88. The van der Waals surface area contributed by atoms with Crippen LogP contribution in [0.15, 0.2) is 24.3 Å². The average molecular weight is 269 g/mol. The zero-order valence-electron chi connectivity index (χ0n) is 11.8. The van der Waals surface area contributed by atoms with Crippen LogP contribution in [0.2, 0.25) is 0 Å². The lowest BCUT2D eigenvalue weighted by Crippen LogP contribution is -2.23. The highest BCUT2D eigenvalue weighted by Gasteiger charge is 2.08. The van der Waals surface area contributed by atoms with Crippen molar-refractivity contribution in [1.82, 2.24) is 5.32 Å². The second-order valence-electron chi connectivity index (χ2n) is 4.43. The van der Waals surface area contributed by atoms with Crippen LogP contribution in [-0.2, 0) is 9.47 Å². The first-order chi connectivity index (χ1) is 9.27. The van der Waals surface area contributed by atoms with Crippen LogP contribution >= 0.6 is 0 Å². The van der Waals surface area contributed by atoms with E-state index in [0.29, 0.717) is 13.2 Å². The average Bonchev–Trinajstić information content (AvgIpc) is 2.42. The Bertz CT molecular complexity index is 347. The van der Waals surface area contributed by atoms with Gasteiger partial charge in [-0.1, -0.05) is 19.1 Å². The van der Waals surface area contributed by atoms with Crippen LogP contribution in [0.4, 0.5) is 4.39 Å². The van der Waals surface area contributed by atoms with Crippen molar-refractivity contribution in [3.63, 3.8) is 0 Å². The normalized spacial score (nSPS) is 12.6. The monoisotopic (exact) mass is 269 g/mol. The molecule has 0 aliphatic rings. The minimum Gasteiger partial charge on any atom is -0.382 e. The predicted molar refractivity (Wildman–Crippen MR) is 74.7 cm³/mol. The maximum atomic E-state index is 13.2. The fourth-order valence-corrected chi connectivity index (χ4v) is 1.92. The molecule has 4 heteroatoms. The number of methoxy groups -OCH3 is 1. The van der Waals surface area contributed by atoms with Gasteiger partial charge in [0, 0.05) is 19.8 Å². The van der Waals surface area contributed by atoms with Gasteiger partial charge in [0.05, 0.1) is 13.2 Å². The maximum absolute atomic E-state index is 13.2. The van der Waals surface area contributed by atoms with E-state index in [9.17, 15) is 4.39 Å². The lowest BCUT2D eigenvalue weighted by molar-refractivity contribution is 0.0692. The number of hydrogen-bond acceptors (Lipinski definition) is 3. The van der Waals surface area contributed by atoms with Gasteiger partial charge in [0.25, 0.3) is 0 Å². The third-order valence-electron chi connectivity index (χ3n) is 2.95. The van der Waals surface area contributed by atoms with Crippen molar-refractivity contribution in [2.45, 2.75) is 25.8 Å². The maximum Gasteiger partial charge on any atom is 0.123 e. The Morgan fingerprint density at radius 2 is 2.11 bits per heavy atom. The molecule has 0 heterocycles. The van der Waals surface area contributed by atoms with Gasteiger partial charge in [-0.05, 0) is 37.1 Å². The molecule has 3 nitrogen and oxygen atoms in total. The largest absolute Gasteiger partial charge is 0.382 e. The van der Waals surface area contributed by atoms with Crippen molar-refractivity contribution in [3.8, 4) is 0 Å². The van der Waals surface area contributed by atoms with Gasteiger partial charge in [-0.3, -0.25) is 0 Å². The molecule has 0 aliphatic heterocycles. The van der Waals surface area contributed by atoms with Crippen LogP contribution in [0.1, 0.15) is 31.4 Å². The van der Waals surface area contributed by atoms with Crippen molar-refractivity contribution in [1.29, 1.82) is 0 Å². The van der Waals surface area contributed by atoms with Crippen LogP contribution in [0.3, 0.4) is 0 Å². The summed E-state index contributed by atoms with van der Waals surface area (Å²) in [6.45, 7) is 4.95. The summed E-state index contributed by atoms with van der Waals surface area (Å²) in [6, 6.07) is 6.98. The lowest BCUT2D eigenvalue weighted by atomic mass is 10.0. The minimum atomic E-state index is -0.180. The van der Waals surface area contributed by atoms with E-state index in [0.717, 1.165) is 31.6 Å². The van der Waals surface area contributed by atoms with Crippen molar-refractivity contribution < 1.29 is 13.9 Å². The molecule has 19 heavy (non-hydrogen) atoms. The van der Waals surface area contributed by atoms with Gasteiger partial charge in [-0.15, -0.1) is 0 Å². The second-order valence-corrected chi connectivity index (χ2v) is 4.43. The van der Waals surface area contributed by atoms with Gasteiger partial charge < -0.3 is 14.8 Å². The summed E-state index contributed by atoms with van der Waals surface area (Å²) in [4.78, 5) is 0. The Balaban J connectivity index is 2.22. The fraction of sp³-hybridized carbons (Fsp3) is 0.600. The van der Waals surface area contributed by atoms with Crippen molar-refractivity contribution in [3.05, 3.63) is 35.6 Å². The standard InChI is InChI=1S/C15H24FNO2/c1-3-15(13-6-4-7-14(16)12-13)17-8-5-9-19-11-10-18-2/h4,6-7,12,15,17H,3,5,8-11H2,1-2H3. The molecule has 0 aromatic heterocycles. The van der Waals surface area contributed by atoms with Gasteiger partial charge in [0.2, 0.25) is 0 Å². The van der Waals surface area contributed by atoms with Crippen molar-refractivity contribution in [2.75, 3.05) is 33.5 Å². The van der Waals surface area contributed by atoms with Gasteiger partial charge in [-0.25, -0.2) is 4.39 Å². The Morgan fingerprint density at radius 3 is 2.79 bits per heavy atom. The van der Waals surface area contributed by atoms with Crippen LogP contribution in [-0.4, -0.2) is 33.5 Å². The molecule has 0 saturated carbocycles.